The van der Waals surface area contributed by atoms with Gasteiger partial charge in [-0.25, -0.2) is 4.98 Å². The van der Waals surface area contributed by atoms with Crippen molar-refractivity contribution in [3.05, 3.63) is 53.9 Å². The highest BCUT2D eigenvalue weighted by Crippen LogP contribution is 2.18. The lowest BCUT2D eigenvalue weighted by molar-refractivity contribution is -0.116. The van der Waals surface area contributed by atoms with Crippen molar-refractivity contribution in [1.82, 2.24) is 9.97 Å². The Balaban J connectivity index is 1.58. The maximum absolute atomic E-state index is 12.2. The average molecular weight is 339 g/mol. The molecule has 2 aromatic carbocycles. The number of methoxy groups -OCH3 is 2. The predicted molar refractivity (Wildman–Crippen MR) is 96.8 cm³/mol. The number of imidazole rings is 1. The highest BCUT2D eigenvalue weighted by Gasteiger charge is 2.07. The first-order valence-corrected chi connectivity index (χ1v) is 8.08. The van der Waals surface area contributed by atoms with Crippen molar-refractivity contribution in [2.24, 2.45) is 0 Å². The lowest BCUT2D eigenvalue weighted by Crippen LogP contribution is -2.12. The monoisotopic (exact) mass is 339 g/mol. The Morgan fingerprint density at radius 2 is 1.96 bits per heavy atom. The summed E-state index contributed by atoms with van der Waals surface area (Å²) in [6.07, 6.45) is 1.10. The minimum atomic E-state index is -0.0215. The molecule has 0 saturated heterocycles. The number of aromatic nitrogens is 2. The van der Waals surface area contributed by atoms with Crippen LogP contribution in [0.1, 0.15) is 17.8 Å². The maximum Gasteiger partial charge on any atom is 0.224 e. The first-order chi connectivity index (χ1) is 12.2. The summed E-state index contributed by atoms with van der Waals surface area (Å²) < 4.78 is 10.2. The van der Waals surface area contributed by atoms with Crippen molar-refractivity contribution in [2.45, 2.75) is 19.4 Å². The summed E-state index contributed by atoms with van der Waals surface area (Å²) in [6, 6.07) is 13.4. The second-order valence-corrected chi connectivity index (χ2v) is 5.74. The second-order valence-electron chi connectivity index (χ2n) is 5.74. The second kappa shape index (κ2) is 7.81. The number of nitrogens with one attached hydrogen (secondary N) is 2. The molecule has 0 spiro atoms. The highest BCUT2D eigenvalue weighted by atomic mass is 16.5. The molecule has 0 aliphatic carbocycles. The summed E-state index contributed by atoms with van der Waals surface area (Å²) in [5.41, 5.74) is 3.58. The summed E-state index contributed by atoms with van der Waals surface area (Å²) in [5, 5.41) is 2.93. The zero-order valence-electron chi connectivity index (χ0n) is 14.3. The van der Waals surface area contributed by atoms with Gasteiger partial charge in [-0.2, -0.15) is 0 Å². The molecule has 0 saturated carbocycles. The Morgan fingerprint density at radius 3 is 2.68 bits per heavy atom. The normalized spacial score (nSPS) is 10.8. The summed E-state index contributed by atoms with van der Waals surface area (Å²) in [5.74, 6) is 1.56. The Morgan fingerprint density at radius 1 is 1.16 bits per heavy atom. The molecule has 3 aromatic rings. The Hall–Kier alpha value is -2.86. The van der Waals surface area contributed by atoms with Gasteiger partial charge in [0.05, 0.1) is 18.1 Å². The number of H-pyrrole nitrogens is 1. The van der Waals surface area contributed by atoms with E-state index in [1.54, 1.807) is 14.2 Å². The van der Waals surface area contributed by atoms with E-state index in [4.69, 9.17) is 9.47 Å². The predicted octanol–water partition coefficient (Wildman–Crippen LogP) is 3.29. The van der Waals surface area contributed by atoms with Crippen LogP contribution in [0.2, 0.25) is 0 Å². The lowest BCUT2D eigenvalue weighted by Gasteiger charge is -2.06. The minimum Gasteiger partial charge on any atom is -0.497 e. The van der Waals surface area contributed by atoms with Crippen LogP contribution in [0, 0.1) is 0 Å². The number of hydrogen-bond donors (Lipinski definition) is 2. The van der Waals surface area contributed by atoms with Crippen LogP contribution in [-0.4, -0.2) is 30.1 Å². The van der Waals surface area contributed by atoms with Gasteiger partial charge in [-0.05, 0) is 42.3 Å². The van der Waals surface area contributed by atoms with E-state index in [1.165, 1.54) is 0 Å². The summed E-state index contributed by atoms with van der Waals surface area (Å²) in [6.45, 7) is 0.429. The molecule has 25 heavy (non-hydrogen) atoms. The van der Waals surface area contributed by atoms with E-state index in [9.17, 15) is 4.79 Å². The number of amides is 1. The summed E-state index contributed by atoms with van der Waals surface area (Å²) in [4.78, 5) is 19.8. The van der Waals surface area contributed by atoms with Crippen LogP contribution < -0.4 is 10.1 Å². The number of aryl methyl sites for hydroxylation is 1. The molecule has 130 valence electrons. The van der Waals surface area contributed by atoms with Crippen LogP contribution in [-0.2, 0) is 22.6 Å². The first-order valence-electron chi connectivity index (χ1n) is 8.08. The molecule has 1 aromatic heterocycles. The Labute approximate surface area is 146 Å². The molecule has 6 heteroatoms. The van der Waals surface area contributed by atoms with Crippen LogP contribution in [0.5, 0.6) is 5.75 Å². The van der Waals surface area contributed by atoms with E-state index >= 15 is 0 Å². The summed E-state index contributed by atoms with van der Waals surface area (Å²) in [7, 11) is 3.26. The van der Waals surface area contributed by atoms with Crippen molar-refractivity contribution in [3.63, 3.8) is 0 Å². The smallest absolute Gasteiger partial charge is 0.224 e. The molecule has 3 rings (SSSR count). The fourth-order valence-corrected chi connectivity index (χ4v) is 2.62. The van der Waals surface area contributed by atoms with E-state index < -0.39 is 0 Å². The molecule has 6 nitrogen and oxygen atoms in total. The van der Waals surface area contributed by atoms with Gasteiger partial charge in [0.25, 0.3) is 0 Å². The van der Waals surface area contributed by atoms with E-state index in [1.807, 2.05) is 42.5 Å². The number of carbonyl (C=O) groups excluding carboxylic acids is 1. The zero-order chi connectivity index (χ0) is 17.6. The third-order valence-electron chi connectivity index (χ3n) is 3.90. The average Bonchev–Trinajstić information content (AvgIpc) is 3.02. The molecule has 0 aliphatic rings. The van der Waals surface area contributed by atoms with Gasteiger partial charge in [0.1, 0.15) is 18.2 Å². The topological polar surface area (TPSA) is 76.2 Å². The van der Waals surface area contributed by atoms with Gasteiger partial charge in [-0.1, -0.05) is 12.1 Å². The highest BCUT2D eigenvalue weighted by molar-refractivity contribution is 5.93. The molecule has 2 N–H and O–H groups in total. The van der Waals surface area contributed by atoms with Crippen LogP contribution in [0.3, 0.4) is 0 Å². The standard InChI is InChI=1S/C19H21N3O3/c1-24-12-18-21-16-9-6-14(11-17(16)22-18)20-19(23)10-5-13-3-7-15(25-2)8-4-13/h3-4,6-9,11H,5,10,12H2,1-2H3,(H,20,23)(H,21,22). The third-order valence-corrected chi connectivity index (χ3v) is 3.90. The van der Waals surface area contributed by atoms with Gasteiger partial charge in [0.15, 0.2) is 0 Å². The van der Waals surface area contributed by atoms with E-state index in [0.717, 1.165) is 33.9 Å². The van der Waals surface area contributed by atoms with Crippen molar-refractivity contribution in [3.8, 4) is 5.75 Å². The fourth-order valence-electron chi connectivity index (χ4n) is 2.62. The SMILES string of the molecule is COCc1nc2ccc(NC(=O)CCc3ccc(OC)cc3)cc2[nH]1. The van der Waals surface area contributed by atoms with Crippen molar-refractivity contribution < 1.29 is 14.3 Å². The largest absolute Gasteiger partial charge is 0.497 e. The Bertz CT molecular complexity index is 856. The number of nitrogens with zero attached hydrogens (tertiary/aromatic N) is 1. The number of ether oxygens (including phenoxy) is 2. The molecule has 1 amide bonds. The molecule has 0 fully saturated rings. The number of carbonyl (C=O) groups is 1. The molecule has 0 atom stereocenters. The van der Waals surface area contributed by atoms with Crippen LogP contribution in [0.4, 0.5) is 5.69 Å². The summed E-state index contributed by atoms with van der Waals surface area (Å²) >= 11 is 0. The van der Waals surface area contributed by atoms with Gasteiger partial charge < -0.3 is 19.8 Å². The first kappa shape index (κ1) is 17.0. The number of fused-ring (bicyclic) bond motifs is 1. The van der Waals surface area contributed by atoms with Gasteiger partial charge in [0.2, 0.25) is 5.91 Å². The van der Waals surface area contributed by atoms with E-state index in [2.05, 4.69) is 15.3 Å². The number of rotatable bonds is 7. The van der Waals surface area contributed by atoms with Crippen molar-refractivity contribution in [1.29, 1.82) is 0 Å². The number of benzene rings is 2. The molecule has 0 radical (unpaired) electrons. The van der Waals surface area contributed by atoms with Crippen LogP contribution >= 0.6 is 0 Å². The number of aromatic amines is 1. The van der Waals surface area contributed by atoms with Crippen molar-refractivity contribution in [2.75, 3.05) is 19.5 Å². The van der Waals surface area contributed by atoms with Crippen LogP contribution in [0.25, 0.3) is 11.0 Å². The Kier molecular flexibility index (Phi) is 5.30. The van der Waals surface area contributed by atoms with Crippen LogP contribution in [0.15, 0.2) is 42.5 Å². The van der Waals surface area contributed by atoms with Gasteiger partial charge in [0, 0.05) is 19.2 Å². The van der Waals surface area contributed by atoms with Gasteiger partial charge in [-0.15, -0.1) is 0 Å². The van der Waals surface area contributed by atoms with Crippen molar-refractivity contribution >= 4 is 22.6 Å². The van der Waals surface area contributed by atoms with Gasteiger partial charge in [-0.3, -0.25) is 4.79 Å². The lowest BCUT2D eigenvalue weighted by atomic mass is 10.1. The maximum atomic E-state index is 12.2. The number of hydrogen-bond acceptors (Lipinski definition) is 4. The van der Waals surface area contributed by atoms with E-state index in [0.29, 0.717) is 19.4 Å². The third kappa shape index (κ3) is 4.36. The van der Waals surface area contributed by atoms with E-state index in [-0.39, 0.29) is 5.91 Å². The number of anilines is 1. The molecule has 0 bridgehead atoms. The quantitative estimate of drug-likeness (QED) is 0.692. The fraction of sp³-hybridized carbons (Fsp3) is 0.263. The molecular weight excluding hydrogens is 318 g/mol. The molecule has 1 heterocycles. The molecule has 0 aliphatic heterocycles. The molecular formula is C19H21N3O3. The molecule has 0 unspecified atom stereocenters. The van der Waals surface area contributed by atoms with Gasteiger partial charge >= 0.3 is 0 Å². The zero-order valence-corrected chi connectivity index (χ0v) is 14.3. The minimum absolute atomic E-state index is 0.0215.